The van der Waals surface area contributed by atoms with Gasteiger partial charge in [-0.3, -0.25) is 9.78 Å². The van der Waals surface area contributed by atoms with Gasteiger partial charge in [0.15, 0.2) is 0 Å². The second-order valence-electron chi connectivity index (χ2n) is 5.40. The summed E-state index contributed by atoms with van der Waals surface area (Å²) in [5, 5.41) is 0. The van der Waals surface area contributed by atoms with E-state index in [2.05, 4.69) is 4.98 Å². The Morgan fingerprint density at radius 1 is 1.56 bits per heavy atom. The number of pyridine rings is 1. The number of nitrogens with zero attached hydrogens (tertiary/aromatic N) is 2. The Morgan fingerprint density at radius 3 is 3.17 bits per heavy atom. The Bertz CT molecular complexity index is 456. The first-order valence-corrected chi connectivity index (χ1v) is 6.71. The van der Waals surface area contributed by atoms with Crippen LogP contribution in [-0.2, 0) is 17.8 Å². The lowest BCUT2D eigenvalue weighted by Gasteiger charge is -2.30. The van der Waals surface area contributed by atoms with Crippen LogP contribution in [0.5, 0.6) is 0 Å². The van der Waals surface area contributed by atoms with Crippen LogP contribution in [-0.4, -0.2) is 28.4 Å². The summed E-state index contributed by atoms with van der Waals surface area (Å²) in [6.07, 6.45) is 6.00. The molecule has 0 saturated heterocycles. The summed E-state index contributed by atoms with van der Waals surface area (Å²) in [6, 6.07) is 3.67. The fraction of sp³-hybridized carbons (Fsp3) is 0.571. The second-order valence-corrected chi connectivity index (χ2v) is 5.40. The van der Waals surface area contributed by atoms with Crippen molar-refractivity contribution in [2.75, 3.05) is 6.54 Å². The zero-order valence-electron chi connectivity index (χ0n) is 10.5. The molecule has 18 heavy (non-hydrogen) atoms. The van der Waals surface area contributed by atoms with Crippen LogP contribution in [0.2, 0.25) is 0 Å². The average Bonchev–Trinajstić information content (AvgIpc) is 3.21. The van der Waals surface area contributed by atoms with Crippen LogP contribution in [0.4, 0.5) is 0 Å². The minimum atomic E-state index is -0.310. The molecule has 2 heterocycles. The van der Waals surface area contributed by atoms with Gasteiger partial charge < -0.3 is 10.6 Å². The molecule has 1 unspecified atom stereocenters. The molecule has 0 spiro atoms. The first kappa shape index (κ1) is 11.7. The largest absolute Gasteiger partial charge is 0.337 e. The second kappa shape index (κ2) is 4.69. The Hall–Kier alpha value is -1.42. The van der Waals surface area contributed by atoms with Crippen molar-refractivity contribution in [3.05, 3.63) is 29.6 Å². The molecule has 1 amide bonds. The predicted molar refractivity (Wildman–Crippen MR) is 68.7 cm³/mol. The molecular weight excluding hydrogens is 226 g/mol. The van der Waals surface area contributed by atoms with E-state index < -0.39 is 0 Å². The average molecular weight is 245 g/mol. The van der Waals surface area contributed by atoms with Gasteiger partial charge in [0.25, 0.3) is 0 Å². The molecule has 1 atom stereocenters. The maximum atomic E-state index is 12.3. The third-order valence-electron chi connectivity index (χ3n) is 3.88. The van der Waals surface area contributed by atoms with Gasteiger partial charge in [-0.1, -0.05) is 18.9 Å². The molecular formula is C14H19N3O. The number of amides is 1. The number of hydrogen-bond donors (Lipinski definition) is 1. The van der Waals surface area contributed by atoms with Crippen LogP contribution in [0, 0.1) is 5.92 Å². The normalized spacial score (nSPS) is 20.4. The van der Waals surface area contributed by atoms with E-state index in [-0.39, 0.29) is 11.9 Å². The molecule has 2 N–H and O–H groups in total. The lowest BCUT2D eigenvalue weighted by molar-refractivity contribution is -0.133. The van der Waals surface area contributed by atoms with Crippen molar-refractivity contribution in [2.24, 2.45) is 11.7 Å². The fourth-order valence-corrected chi connectivity index (χ4v) is 2.60. The van der Waals surface area contributed by atoms with Crippen LogP contribution >= 0.6 is 0 Å². The van der Waals surface area contributed by atoms with Gasteiger partial charge in [-0.25, -0.2) is 0 Å². The molecule has 1 aromatic rings. The molecule has 1 aromatic heterocycles. The maximum absolute atomic E-state index is 12.3. The topological polar surface area (TPSA) is 59.2 Å². The first-order chi connectivity index (χ1) is 8.74. The molecule has 1 saturated carbocycles. The SMILES string of the molecule is NC(CC1CC1)C(=O)N1CCc2ncccc2C1. The van der Waals surface area contributed by atoms with Crippen LogP contribution in [0.1, 0.15) is 30.5 Å². The van der Waals surface area contributed by atoms with Crippen molar-refractivity contribution in [1.82, 2.24) is 9.88 Å². The minimum Gasteiger partial charge on any atom is -0.337 e. The molecule has 4 nitrogen and oxygen atoms in total. The molecule has 0 bridgehead atoms. The number of carbonyl (C=O) groups is 1. The van der Waals surface area contributed by atoms with E-state index >= 15 is 0 Å². The molecule has 1 aliphatic heterocycles. The monoisotopic (exact) mass is 245 g/mol. The van der Waals surface area contributed by atoms with Gasteiger partial charge in [0.2, 0.25) is 5.91 Å². The van der Waals surface area contributed by atoms with Crippen molar-refractivity contribution in [2.45, 2.75) is 38.3 Å². The van der Waals surface area contributed by atoms with Gasteiger partial charge >= 0.3 is 0 Å². The van der Waals surface area contributed by atoms with Gasteiger partial charge in [-0.15, -0.1) is 0 Å². The van der Waals surface area contributed by atoms with Crippen LogP contribution in [0.25, 0.3) is 0 Å². The van der Waals surface area contributed by atoms with E-state index in [0.29, 0.717) is 12.5 Å². The highest BCUT2D eigenvalue weighted by Gasteiger charge is 2.30. The summed E-state index contributed by atoms with van der Waals surface area (Å²) in [5.41, 5.74) is 8.29. The molecule has 0 aromatic carbocycles. The highest BCUT2D eigenvalue weighted by atomic mass is 16.2. The van der Waals surface area contributed by atoms with Crippen LogP contribution < -0.4 is 5.73 Å². The standard InChI is InChI=1S/C14H19N3O/c15-12(8-10-3-4-10)14(18)17-7-5-13-11(9-17)2-1-6-16-13/h1-2,6,10,12H,3-5,7-9,15H2. The molecule has 0 radical (unpaired) electrons. The van der Waals surface area contributed by atoms with Crippen molar-refractivity contribution < 1.29 is 4.79 Å². The van der Waals surface area contributed by atoms with Gasteiger partial charge in [-0.05, 0) is 24.0 Å². The number of fused-ring (bicyclic) bond motifs is 1. The van der Waals surface area contributed by atoms with Crippen molar-refractivity contribution in [3.8, 4) is 0 Å². The van der Waals surface area contributed by atoms with Crippen molar-refractivity contribution in [1.29, 1.82) is 0 Å². The van der Waals surface area contributed by atoms with E-state index in [9.17, 15) is 4.79 Å². The van der Waals surface area contributed by atoms with Crippen LogP contribution in [0.15, 0.2) is 18.3 Å². The quantitative estimate of drug-likeness (QED) is 0.867. The van der Waals surface area contributed by atoms with Gasteiger partial charge in [0, 0.05) is 31.4 Å². The highest BCUT2D eigenvalue weighted by molar-refractivity contribution is 5.81. The molecule has 96 valence electrons. The lowest BCUT2D eigenvalue weighted by Crippen LogP contribution is -2.46. The molecule has 3 rings (SSSR count). The van der Waals surface area contributed by atoms with Crippen molar-refractivity contribution in [3.63, 3.8) is 0 Å². The summed E-state index contributed by atoms with van der Waals surface area (Å²) in [5.74, 6) is 0.805. The van der Waals surface area contributed by atoms with E-state index in [0.717, 1.165) is 30.6 Å². The Labute approximate surface area is 107 Å². The number of rotatable bonds is 3. The first-order valence-electron chi connectivity index (χ1n) is 6.71. The van der Waals surface area contributed by atoms with Gasteiger partial charge in [0.1, 0.15) is 0 Å². The third-order valence-corrected chi connectivity index (χ3v) is 3.88. The fourth-order valence-electron chi connectivity index (χ4n) is 2.60. The summed E-state index contributed by atoms with van der Waals surface area (Å²) < 4.78 is 0. The van der Waals surface area contributed by atoms with E-state index in [4.69, 9.17) is 5.73 Å². The predicted octanol–water partition coefficient (Wildman–Crippen LogP) is 1.09. The maximum Gasteiger partial charge on any atom is 0.239 e. The minimum absolute atomic E-state index is 0.108. The molecule has 1 fully saturated rings. The zero-order valence-corrected chi connectivity index (χ0v) is 10.5. The summed E-state index contributed by atoms with van der Waals surface area (Å²) in [6.45, 7) is 1.42. The summed E-state index contributed by atoms with van der Waals surface area (Å²) in [7, 11) is 0. The van der Waals surface area contributed by atoms with Crippen LogP contribution in [0.3, 0.4) is 0 Å². The smallest absolute Gasteiger partial charge is 0.239 e. The summed E-state index contributed by atoms with van der Waals surface area (Å²) in [4.78, 5) is 18.5. The van der Waals surface area contributed by atoms with Gasteiger partial charge in [-0.2, -0.15) is 0 Å². The molecule has 2 aliphatic rings. The molecule has 1 aliphatic carbocycles. The Balaban J connectivity index is 1.65. The zero-order chi connectivity index (χ0) is 12.5. The number of carbonyl (C=O) groups excluding carboxylic acids is 1. The Morgan fingerprint density at radius 2 is 2.39 bits per heavy atom. The highest BCUT2D eigenvalue weighted by Crippen LogP contribution is 2.33. The number of aromatic nitrogens is 1. The van der Waals surface area contributed by atoms with E-state index in [1.54, 1.807) is 0 Å². The van der Waals surface area contributed by atoms with Crippen molar-refractivity contribution >= 4 is 5.91 Å². The number of nitrogens with two attached hydrogens (primary N) is 1. The third kappa shape index (κ3) is 2.38. The van der Waals surface area contributed by atoms with E-state index in [1.165, 1.54) is 12.8 Å². The van der Waals surface area contributed by atoms with Gasteiger partial charge in [0.05, 0.1) is 6.04 Å². The molecule has 4 heteroatoms. The Kier molecular flexibility index (Phi) is 3.04. The number of hydrogen-bond acceptors (Lipinski definition) is 3. The lowest BCUT2D eigenvalue weighted by atomic mass is 10.0. The van der Waals surface area contributed by atoms with E-state index in [1.807, 2.05) is 23.2 Å². The summed E-state index contributed by atoms with van der Waals surface area (Å²) >= 11 is 0.